The molecule has 0 aliphatic carbocycles. The van der Waals surface area contributed by atoms with Crippen molar-refractivity contribution in [3.63, 3.8) is 0 Å². The van der Waals surface area contributed by atoms with E-state index in [4.69, 9.17) is 24.9 Å². The van der Waals surface area contributed by atoms with E-state index >= 15 is 0 Å². The molecule has 3 N–H and O–H groups in total. The maximum absolute atomic E-state index is 9.10. The van der Waals surface area contributed by atoms with E-state index in [1.807, 2.05) is 0 Å². The van der Waals surface area contributed by atoms with Crippen LogP contribution in [-0.2, 0) is 16.1 Å². The zero-order valence-corrected chi connectivity index (χ0v) is 18.4. The third-order valence-electron chi connectivity index (χ3n) is 5.64. The first kappa shape index (κ1) is 24.6. The van der Waals surface area contributed by atoms with Crippen molar-refractivity contribution in [1.82, 2.24) is 14.7 Å². The molecule has 0 bridgehead atoms. The highest BCUT2D eigenvalue weighted by atomic mass is 32.2. The Morgan fingerprint density at radius 1 is 0.933 bits per heavy atom. The van der Waals surface area contributed by atoms with Crippen molar-refractivity contribution in [2.45, 2.75) is 30.3 Å². The summed E-state index contributed by atoms with van der Waals surface area (Å²) in [6, 6.07) is 9.78. The second-order valence-electron chi connectivity index (χ2n) is 7.57. The van der Waals surface area contributed by atoms with Crippen LogP contribution in [0.1, 0.15) is 18.4 Å². The first-order valence-electron chi connectivity index (χ1n) is 10.3. The second kappa shape index (κ2) is 12.9. The van der Waals surface area contributed by atoms with Crippen LogP contribution in [0.15, 0.2) is 29.2 Å². The summed E-state index contributed by atoms with van der Waals surface area (Å²) in [6.07, 6.45) is 4.72. The second-order valence-corrected chi connectivity index (χ2v) is 8.45. The molecule has 0 radical (unpaired) electrons. The van der Waals surface area contributed by atoms with Crippen molar-refractivity contribution in [3.8, 4) is 0 Å². The van der Waals surface area contributed by atoms with Crippen molar-refractivity contribution in [2.75, 3.05) is 58.7 Å². The highest BCUT2D eigenvalue weighted by Crippen LogP contribution is 2.21. The van der Waals surface area contributed by atoms with Gasteiger partial charge in [-0.3, -0.25) is 14.7 Å². The van der Waals surface area contributed by atoms with Crippen molar-refractivity contribution in [1.29, 1.82) is 0 Å². The van der Waals surface area contributed by atoms with Crippen LogP contribution in [-0.4, -0.2) is 107 Å². The van der Waals surface area contributed by atoms with Gasteiger partial charge >= 0.3 is 11.9 Å². The van der Waals surface area contributed by atoms with E-state index < -0.39 is 11.9 Å². The highest BCUT2D eigenvalue weighted by molar-refractivity contribution is 7.98. The highest BCUT2D eigenvalue weighted by Gasteiger charge is 2.27. The quantitative estimate of drug-likeness (QED) is 0.444. The summed E-state index contributed by atoms with van der Waals surface area (Å²) in [5.41, 5.74) is 1.43. The number of piperazine rings is 1. The average molecular weight is 440 g/mol. The molecule has 1 aromatic rings. The fraction of sp³-hybridized carbons (Fsp3) is 0.619. The third-order valence-corrected chi connectivity index (χ3v) is 6.39. The number of β-amino-alcohol motifs (C(OH)–C–C–N with tert-alkyl or cyclic N) is 1. The molecule has 2 aliphatic rings. The summed E-state index contributed by atoms with van der Waals surface area (Å²) in [5, 5.41) is 23.8. The number of carboxylic acids is 2. The van der Waals surface area contributed by atoms with Crippen LogP contribution < -0.4 is 0 Å². The van der Waals surface area contributed by atoms with Crippen molar-refractivity contribution >= 4 is 23.7 Å². The smallest absolute Gasteiger partial charge is 0.414 e. The van der Waals surface area contributed by atoms with Crippen LogP contribution in [0.3, 0.4) is 0 Å². The van der Waals surface area contributed by atoms with Gasteiger partial charge in [0.1, 0.15) is 0 Å². The topological polar surface area (TPSA) is 105 Å². The largest absolute Gasteiger partial charge is 0.473 e. The molecule has 2 heterocycles. The Bertz CT molecular complexity index is 645. The Hall–Kier alpha value is -1.65. The van der Waals surface area contributed by atoms with E-state index in [1.54, 1.807) is 11.8 Å². The lowest BCUT2D eigenvalue weighted by Crippen LogP contribution is -2.53. The van der Waals surface area contributed by atoms with E-state index in [1.165, 1.54) is 49.5 Å². The number of aliphatic carboxylic acids is 2. The van der Waals surface area contributed by atoms with E-state index in [2.05, 4.69) is 45.2 Å². The van der Waals surface area contributed by atoms with Crippen LogP contribution in [0.5, 0.6) is 0 Å². The first-order chi connectivity index (χ1) is 14.4. The lowest BCUT2D eigenvalue weighted by Gasteiger charge is -2.42. The van der Waals surface area contributed by atoms with Crippen LogP contribution in [0.25, 0.3) is 0 Å². The fourth-order valence-corrected chi connectivity index (χ4v) is 4.33. The predicted octanol–water partition coefficient (Wildman–Crippen LogP) is 1.14. The fourth-order valence-electron chi connectivity index (χ4n) is 3.93. The molecule has 2 fully saturated rings. The van der Waals surface area contributed by atoms with Gasteiger partial charge in [-0.15, -0.1) is 11.8 Å². The predicted molar refractivity (Wildman–Crippen MR) is 117 cm³/mol. The normalized spacial score (nSPS) is 19.1. The SMILES string of the molecule is CSc1ccc(CN2CCC(N3CCN(CCO)CC3)CC2)cc1.O=C(O)C(=O)O. The molecule has 8 nitrogen and oxygen atoms in total. The molecule has 30 heavy (non-hydrogen) atoms. The van der Waals surface area contributed by atoms with Crippen molar-refractivity contribution in [3.05, 3.63) is 29.8 Å². The lowest BCUT2D eigenvalue weighted by atomic mass is 10.0. The van der Waals surface area contributed by atoms with E-state index in [9.17, 15) is 0 Å². The third kappa shape index (κ3) is 8.23. The lowest BCUT2D eigenvalue weighted by molar-refractivity contribution is -0.159. The molecule has 3 rings (SSSR count). The van der Waals surface area contributed by atoms with Gasteiger partial charge in [0.15, 0.2) is 0 Å². The average Bonchev–Trinajstić information content (AvgIpc) is 2.76. The number of piperidine rings is 1. The minimum Gasteiger partial charge on any atom is -0.473 e. The molecule has 0 aromatic heterocycles. The monoisotopic (exact) mass is 439 g/mol. The van der Waals surface area contributed by atoms with E-state index in [0.717, 1.165) is 32.2 Å². The van der Waals surface area contributed by atoms with Gasteiger partial charge in [0.05, 0.1) is 6.61 Å². The van der Waals surface area contributed by atoms with Crippen LogP contribution in [0.2, 0.25) is 0 Å². The molecule has 1 aromatic carbocycles. The van der Waals surface area contributed by atoms with Gasteiger partial charge in [-0.2, -0.15) is 0 Å². The van der Waals surface area contributed by atoms with Gasteiger partial charge in [0, 0.05) is 50.2 Å². The van der Waals surface area contributed by atoms with E-state index in [-0.39, 0.29) is 6.61 Å². The first-order valence-corrected chi connectivity index (χ1v) is 11.5. The number of aliphatic hydroxyl groups is 1. The van der Waals surface area contributed by atoms with Crippen LogP contribution >= 0.6 is 11.8 Å². The summed E-state index contributed by atoms with van der Waals surface area (Å²) in [7, 11) is 0. The number of carboxylic acid groups (broad SMARTS) is 2. The molecule has 168 valence electrons. The summed E-state index contributed by atoms with van der Waals surface area (Å²) >= 11 is 1.81. The zero-order valence-electron chi connectivity index (χ0n) is 17.6. The number of likely N-dealkylation sites (tertiary alicyclic amines) is 1. The number of rotatable bonds is 6. The van der Waals surface area contributed by atoms with Crippen molar-refractivity contribution in [2.24, 2.45) is 0 Å². The molecule has 0 atom stereocenters. The number of thioether (sulfide) groups is 1. The molecule has 0 unspecified atom stereocenters. The molecule has 0 saturated carbocycles. The molecule has 0 amide bonds. The minimum atomic E-state index is -1.82. The number of benzene rings is 1. The summed E-state index contributed by atoms with van der Waals surface area (Å²) in [4.78, 5) is 27.2. The number of carbonyl (C=O) groups is 2. The Balaban J connectivity index is 0.000000469. The molecule has 2 aliphatic heterocycles. The molecule has 2 saturated heterocycles. The van der Waals surface area contributed by atoms with Crippen molar-refractivity contribution < 1.29 is 24.9 Å². The Morgan fingerprint density at radius 2 is 1.50 bits per heavy atom. The number of aliphatic hydroxyl groups excluding tert-OH is 1. The maximum Gasteiger partial charge on any atom is 0.414 e. The number of hydrogen-bond acceptors (Lipinski definition) is 7. The van der Waals surface area contributed by atoms with Gasteiger partial charge < -0.3 is 15.3 Å². The summed E-state index contributed by atoms with van der Waals surface area (Å²) < 4.78 is 0. The maximum atomic E-state index is 9.10. The van der Waals surface area contributed by atoms with Gasteiger partial charge in [0.25, 0.3) is 0 Å². The summed E-state index contributed by atoms with van der Waals surface area (Å²) in [6.45, 7) is 9.20. The Kier molecular flexibility index (Phi) is 10.6. The minimum absolute atomic E-state index is 0.288. The van der Waals surface area contributed by atoms with Gasteiger partial charge in [0.2, 0.25) is 0 Å². The molecular formula is C21H33N3O5S. The zero-order chi connectivity index (χ0) is 21.9. The van der Waals surface area contributed by atoms with Gasteiger partial charge in [-0.05, 0) is 49.9 Å². The van der Waals surface area contributed by atoms with Gasteiger partial charge in [-0.25, -0.2) is 9.59 Å². The Morgan fingerprint density at radius 3 is 1.97 bits per heavy atom. The van der Waals surface area contributed by atoms with Gasteiger partial charge in [-0.1, -0.05) is 12.1 Å². The standard InChI is InChI=1S/C19H31N3OS.C2H2O4/c1-24-19-4-2-17(3-5-19)16-21-8-6-18(7-9-21)22-12-10-20(11-13-22)14-15-23;3-1(4)2(5)6/h2-5,18,23H,6-16H2,1H3;(H,3,4)(H,5,6). The molecular weight excluding hydrogens is 406 g/mol. The molecule has 9 heteroatoms. The number of nitrogens with zero attached hydrogens (tertiary/aromatic N) is 3. The molecule has 0 spiro atoms. The van der Waals surface area contributed by atoms with E-state index in [0.29, 0.717) is 0 Å². The number of hydrogen-bond donors (Lipinski definition) is 3. The Labute approximate surface area is 182 Å². The van der Waals surface area contributed by atoms with Crippen LogP contribution in [0, 0.1) is 0 Å². The van der Waals surface area contributed by atoms with Crippen LogP contribution in [0.4, 0.5) is 0 Å². The summed E-state index contributed by atoms with van der Waals surface area (Å²) in [5.74, 6) is -3.65.